The predicted molar refractivity (Wildman–Crippen MR) is 208 cm³/mol. The second-order valence-corrected chi connectivity index (χ2v) is 13.3. The Morgan fingerprint density at radius 3 is 1.98 bits per heavy atom. The van der Waals surface area contributed by atoms with Crippen molar-refractivity contribution >= 4 is 57.9 Å². The van der Waals surface area contributed by atoms with Crippen molar-refractivity contribution in [3.8, 4) is 0 Å². The molecule has 0 spiro atoms. The number of ether oxygens (including phenoxy) is 1. The monoisotopic (exact) mass is 753 g/mol. The average Bonchev–Trinajstić information content (AvgIpc) is 3.92. The molecular weight excluding hydrogens is 715 g/mol. The first-order chi connectivity index (χ1) is 27.3. The Morgan fingerprint density at radius 1 is 0.750 bits per heavy atom. The summed E-state index contributed by atoms with van der Waals surface area (Å²) in [7, 11) is 0. The van der Waals surface area contributed by atoms with Gasteiger partial charge in [0.05, 0.1) is 6.04 Å². The lowest BCUT2D eigenvalue weighted by atomic mass is 10.0. The molecule has 1 saturated heterocycles. The third-order valence-electron chi connectivity index (χ3n) is 9.32. The molecule has 15 heteroatoms. The molecule has 1 aliphatic rings. The van der Waals surface area contributed by atoms with Crippen molar-refractivity contribution in [3.05, 3.63) is 138 Å². The van der Waals surface area contributed by atoms with Crippen LogP contribution in [0, 0.1) is 0 Å². The zero-order valence-corrected chi connectivity index (χ0v) is 30.1. The Bertz CT molecular complexity index is 2380. The number of benzene rings is 3. The molecule has 3 aromatic heterocycles. The predicted octanol–water partition coefficient (Wildman–Crippen LogP) is 3.87. The fourth-order valence-corrected chi connectivity index (χ4v) is 6.53. The number of aromatic nitrogens is 3. The Kier molecular flexibility index (Phi) is 11.4. The number of fused-ring (bicyclic) bond motifs is 2. The zero-order chi connectivity index (χ0) is 38.9. The minimum atomic E-state index is -1.15. The molecule has 6 amide bonds. The lowest BCUT2D eigenvalue weighted by Gasteiger charge is -2.25. The van der Waals surface area contributed by atoms with Gasteiger partial charge in [0.1, 0.15) is 25.2 Å². The molecule has 284 valence electrons. The van der Waals surface area contributed by atoms with E-state index < -0.39 is 48.0 Å². The van der Waals surface area contributed by atoms with Crippen LogP contribution in [0.25, 0.3) is 21.8 Å². The van der Waals surface area contributed by atoms with Crippen LogP contribution in [-0.2, 0) is 45.0 Å². The minimum Gasteiger partial charge on any atom is -0.445 e. The molecule has 4 heterocycles. The van der Waals surface area contributed by atoms with Gasteiger partial charge in [-0.3, -0.25) is 24.7 Å². The van der Waals surface area contributed by atoms with E-state index in [-0.39, 0.29) is 26.0 Å². The van der Waals surface area contributed by atoms with Gasteiger partial charge in [-0.15, -0.1) is 0 Å². The second-order valence-electron chi connectivity index (χ2n) is 13.3. The molecule has 3 atom stereocenters. The average molecular weight is 754 g/mol. The number of para-hydroxylation sites is 2. The SMILES string of the molecule is O=C1CN(/N=C/C(Cc2ccccc2)NC(=O)C(Cc2c[nH]c3ccccc23)NC(=O)C(Cc2c[nH]c3ccccc23)NC(=O)OCc2cccnc2)C(=O)N1. The Labute approximate surface area is 320 Å². The van der Waals surface area contributed by atoms with E-state index in [9.17, 15) is 24.0 Å². The van der Waals surface area contributed by atoms with E-state index in [0.717, 1.165) is 43.5 Å². The molecule has 6 N–H and O–H groups in total. The highest BCUT2D eigenvalue weighted by molar-refractivity contribution is 6.02. The lowest BCUT2D eigenvalue weighted by molar-refractivity contribution is -0.130. The largest absolute Gasteiger partial charge is 0.445 e. The summed E-state index contributed by atoms with van der Waals surface area (Å²) >= 11 is 0. The molecule has 56 heavy (non-hydrogen) atoms. The van der Waals surface area contributed by atoms with Crippen LogP contribution in [0.3, 0.4) is 0 Å². The smallest absolute Gasteiger partial charge is 0.408 e. The molecule has 3 unspecified atom stereocenters. The molecule has 0 radical (unpaired) electrons. The first-order valence-corrected chi connectivity index (χ1v) is 18.0. The number of urea groups is 1. The molecule has 0 bridgehead atoms. The number of hydrazone groups is 1. The van der Waals surface area contributed by atoms with E-state index in [0.29, 0.717) is 12.0 Å². The van der Waals surface area contributed by atoms with Crippen molar-refractivity contribution in [1.82, 2.24) is 41.2 Å². The van der Waals surface area contributed by atoms with Gasteiger partial charge in [0, 0.05) is 71.2 Å². The van der Waals surface area contributed by atoms with E-state index in [2.05, 4.69) is 41.3 Å². The molecule has 1 aliphatic heterocycles. The van der Waals surface area contributed by atoms with Gasteiger partial charge in [0.25, 0.3) is 0 Å². The van der Waals surface area contributed by atoms with E-state index in [1.165, 1.54) is 6.21 Å². The molecule has 0 saturated carbocycles. The normalized spacial score (nSPS) is 14.4. The maximum Gasteiger partial charge on any atom is 0.408 e. The van der Waals surface area contributed by atoms with Crippen LogP contribution in [-0.4, -0.2) is 80.7 Å². The van der Waals surface area contributed by atoms with Crippen molar-refractivity contribution in [1.29, 1.82) is 0 Å². The van der Waals surface area contributed by atoms with Crippen LogP contribution in [0.2, 0.25) is 0 Å². The Morgan fingerprint density at radius 2 is 1.36 bits per heavy atom. The highest BCUT2D eigenvalue weighted by Gasteiger charge is 2.31. The maximum atomic E-state index is 14.4. The second kappa shape index (κ2) is 17.2. The highest BCUT2D eigenvalue weighted by Crippen LogP contribution is 2.21. The molecule has 15 nitrogen and oxygen atoms in total. The summed E-state index contributed by atoms with van der Waals surface area (Å²) in [6.45, 7) is -0.319. The van der Waals surface area contributed by atoms with Crippen molar-refractivity contribution in [2.75, 3.05) is 6.54 Å². The van der Waals surface area contributed by atoms with E-state index in [4.69, 9.17) is 4.74 Å². The van der Waals surface area contributed by atoms with E-state index >= 15 is 0 Å². The summed E-state index contributed by atoms with van der Waals surface area (Å²) in [6, 6.07) is 24.4. The number of hydrogen-bond donors (Lipinski definition) is 6. The van der Waals surface area contributed by atoms with Crippen LogP contribution in [0.1, 0.15) is 22.3 Å². The Hall–Kier alpha value is -7.29. The van der Waals surface area contributed by atoms with Gasteiger partial charge in [-0.2, -0.15) is 5.10 Å². The first-order valence-electron chi connectivity index (χ1n) is 18.0. The van der Waals surface area contributed by atoms with Gasteiger partial charge < -0.3 is 30.7 Å². The standard InChI is InChI=1S/C41H39N9O6/c51-37-24-50(40(54)49-37)45-23-30(17-26-9-2-1-3-10-26)46-38(52)35(18-28-21-43-33-14-6-4-12-31(28)33)47-39(53)36(19-29-22-44-34-15-7-5-13-32(29)34)48-41(55)56-25-27-11-8-16-42-20-27/h1-16,20-23,30,35-36,43-44H,17-19,24-25H2,(H,46,52)(H,47,53)(H,48,55)(H,49,51,54)/b45-23+. The van der Waals surface area contributed by atoms with Crippen LogP contribution in [0.15, 0.2) is 121 Å². The van der Waals surface area contributed by atoms with E-state index in [1.54, 1.807) is 36.9 Å². The minimum absolute atomic E-state index is 0.0652. The van der Waals surface area contributed by atoms with Crippen molar-refractivity contribution in [2.45, 2.75) is 44.0 Å². The molecular formula is C41H39N9O6. The number of nitrogens with zero attached hydrogens (tertiary/aromatic N) is 3. The number of aromatic amines is 2. The van der Waals surface area contributed by atoms with Gasteiger partial charge in [-0.25, -0.2) is 14.6 Å². The van der Waals surface area contributed by atoms with Gasteiger partial charge in [-0.05, 0) is 41.3 Å². The summed E-state index contributed by atoms with van der Waals surface area (Å²) in [4.78, 5) is 76.5. The number of hydrogen-bond acceptors (Lipinski definition) is 8. The number of nitrogens with one attached hydrogen (secondary N) is 6. The van der Waals surface area contributed by atoms with Gasteiger partial charge in [0.2, 0.25) is 17.7 Å². The van der Waals surface area contributed by atoms with Crippen molar-refractivity contribution in [3.63, 3.8) is 0 Å². The number of carbonyl (C=O) groups excluding carboxylic acids is 5. The van der Waals surface area contributed by atoms with Crippen LogP contribution in [0.5, 0.6) is 0 Å². The highest BCUT2D eigenvalue weighted by atomic mass is 16.5. The molecule has 3 aromatic carbocycles. The van der Waals surface area contributed by atoms with Crippen molar-refractivity contribution < 1.29 is 28.7 Å². The molecule has 6 aromatic rings. The number of imide groups is 1. The van der Waals surface area contributed by atoms with E-state index in [1.807, 2.05) is 78.9 Å². The number of rotatable bonds is 15. The third kappa shape index (κ3) is 9.25. The van der Waals surface area contributed by atoms with Crippen LogP contribution >= 0.6 is 0 Å². The van der Waals surface area contributed by atoms with Gasteiger partial charge >= 0.3 is 12.1 Å². The van der Waals surface area contributed by atoms with Crippen LogP contribution in [0.4, 0.5) is 9.59 Å². The molecule has 7 rings (SSSR count). The third-order valence-corrected chi connectivity index (χ3v) is 9.32. The van der Waals surface area contributed by atoms with Crippen LogP contribution < -0.4 is 21.3 Å². The maximum absolute atomic E-state index is 14.4. The van der Waals surface area contributed by atoms with Gasteiger partial charge in [-0.1, -0.05) is 72.8 Å². The number of amides is 6. The Balaban J connectivity index is 1.16. The summed E-state index contributed by atoms with van der Waals surface area (Å²) in [6.07, 6.45) is 7.80. The molecule has 0 aliphatic carbocycles. The summed E-state index contributed by atoms with van der Waals surface area (Å²) in [5.41, 5.74) is 4.81. The number of carbonyl (C=O) groups is 5. The fourth-order valence-electron chi connectivity index (χ4n) is 6.53. The number of pyridine rings is 1. The summed E-state index contributed by atoms with van der Waals surface area (Å²) in [5, 5.41) is 17.7. The topological polar surface area (TPSA) is 203 Å². The van der Waals surface area contributed by atoms with Gasteiger partial charge in [0.15, 0.2) is 0 Å². The number of alkyl carbamates (subject to hydrolysis) is 1. The fraction of sp³-hybridized carbons (Fsp3) is 0.195. The lowest BCUT2D eigenvalue weighted by Crippen LogP contribution is -2.56. The van der Waals surface area contributed by atoms with Crippen molar-refractivity contribution in [2.24, 2.45) is 5.10 Å². The first kappa shape index (κ1) is 37.0. The number of H-pyrrole nitrogens is 2. The zero-order valence-electron chi connectivity index (χ0n) is 30.1. The quantitative estimate of drug-likeness (QED) is 0.0675. The molecule has 1 fully saturated rings. The summed E-state index contributed by atoms with van der Waals surface area (Å²) < 4.78 is 5.46. The summed E-state index contributed by atoms with van der Waals surface area (Å²) in [5.74, 6) is -1.65.